The van der Waals surface area contributed by atoms with Crippen molar-refractivity contribution in [1.29, 1.82) is 0 Å². The number of fused-ring (bicyclic) bond motifs is 3. The molecule has 1 aliphatic heterocycles. The van der Waals surface area contributed by atoms with Gasteiger partial charge in [-0.05, 0) is 11.5 Å². The van der Waals surface area contributed by atoms with E-state index < -0.39 is 36.7 Å². The van der Waals surface area contributed by atoms with E-state index in [-0.39, 0.29) is 41.6 Å². The van der Waals surface area contributed by atoms with Crippen molar-refractivity contribution in [1.82, 2.24) is 0 Å². The molecule has 2 aliphatic carbocycles. The quantitative estimate of drug-likeness (QED) is 0.471. The lowest BCUT2D eigenvalue weighted by Crippen LogP contribution is -2.36. The minimum Gasteiger partial charge on any atom is -0.458 e. The Kier molecular flexibility index (Phi) is 4.24. The molecule has 0 aromatic rings. The molecule has 5 unspecified atom stereocenters. The SMILES string of the molecule is C=C(CO)C(=O)OC1CC(=C)C2CC(=O)C(=C)C2C2OC(=O)C(=C)C12. The van der Waals surface area contributed by atoms with E-state index in [1.54, 1.807) is 0 Å². The van der Waals surface area contributed by atoms with Crippen LogP contribution in [-0.2, 0) is 23.9 Å². The minimum absolute atomic E-state index is 0.0624. The van der Waals surface area contributed by atoms with Gasteiger partial charge in [-0.3, -0.25) is 4.79 Å². The summed E-state index contributed by atoms with van der Waals surface area (Å²) in [6, 6.07) is 0. The molecule has 0 spiro atoms. The second kappa shape index (κ2) is 6.11. The number of hydrogen-bond acceptors (Lipinski definition) is 6. The topological polar surface area (TPSA) is 89.9 Å². The molecule has 1 N–H and O–H groups in total. The molecule has 25 heavy (non-hydrogen) atoms. The van der Waals surface area contributed by atoms with E-state index in [4.69, 9.17) is 14.6 Å². The number of aliphatic hydroxyl groups is 1. The first-order valence-electron chi connectivity index (χ1n) is 8.05. The van der Waals surface area contributed by atoms with E-state index in [1.807, 2.05) is 0 Å². The summed E-state index contributed by atoms with van der Waals surface area (Å²) in [6.45, 7) is 14.6. The zero-order chi connectivity index (χ0) is 18.5. The lowest BCUT2D eigenvalue weighted by molar-refractivity contribution is -0.148. The van der Waals surface area contributed by atoms with Gasteiger partial charge in [-0.1, -0.05) is 31.9 Å². The van der Waals surface area contributed by atoms with Crippen molar-refractivity contribution >= 4 is 17.7 Å². The molecule has 5 atom stereocenters. The number of ether oxygens (including phenoxy) is 2. The predicted molar refractivity (Wildman–Crippen MR) is 88.1 cm³/mol. The van der Waals surface area contributed by atoms with E-state index in [0.717, 1.165) is 5.57 Å². The third-order valence-corrected chi connectivity index (χ3v) is 5.34. The Balaban J connectivity index is 1.98. The molecule has 0 amide bonds. The molecule has 0 aromatic carbocycles. The normalized spacial score (nSPS) is 34.3. The average Bonchev–Trinajstić information content (AvgIpc) is 2.99. The van der Waals surface area contributed by atoms with Crippen LogP contribution in [0.4, 0.5) is 0 Å². The van der Waals surface area contributed by atoms with Crippen LogP contribution >= 0.6 is 0 Å². The number of esters is 2. The summed E-state index contributed by atoms with van der Waals surface area (Å²) in [4.78, 5) is 36.2. The maximum atomic E-state index is 12.1. The minimum atomic E-state index is -0.742. The summed E-state index contributed by atoms with van der Waals surface area (Å²) in [7, 11) is 0. The van der Waals surface area contributed by atoms with Crippen LogP contribution in [0, 0.1) is 17.8 Å². The van der Waals surface area contributed by atoms with Crippen molar-refractivity contribution in [2.75, 3.05) is 6.61 Å². The van der Waals surface area contributed by atoms with Crippen molar-refractivity contribution in [3.8, 4) is 0 Å². The van der Waals surface area contributed by atoms with Gasteiger partial charge in [-0.25, -0.2) is 9.59 Å². The maximum absolute atomic E-state index is 12.1. The average molecular weight is 344 g/mol. The van der Waals surface area contributed by atoms with Crippen molar-refractivity contribution in [2.24, 2.45) is 17.8 Å². The van der Waals surface area contributed by atoms with E-state index in [2.05, 4.69) is 26.3 Å². The first-order chi connectivity index (χ1) is 11.8. The lowest BCUT2D eigenvalue weighted by atomic mass is 9.81. The van der Waals surface area contributed by atoms with Crippen LogP contribution in [0.25, 0.3) is 0 Å². The zero-order valence-electron chi connectivity index (χ0n) is 13.8. The lowest BCUT2D eigenvalue weighted by Gasteiger charge is -2.27. The number of carbonyl (C=O) groups is 3. The molecule has 6 nitrogen and oxygen atoms in total. The molecule has 1 heterocycles. The van der Waals surface area contributed by atoms with Crippen molar-refractivity contribution in [2.45, 2.75) is 25.0 Å². The first-order valence-corrected chi connectivity index (χ1v) is 8.05. The highest BCUT2D eigenvalue weighted by molar-refractivity contribution is 5.99. The number of carbonyl (C=O) groups excluding carboxylic acids is 3. The predicted octanol–water partition coefficient (Wildman–Crippen LogP) is 1.27. The highest BCUT2D eigenvalue weighted by Gasteiger charge is 2.56. The summed E-state index contributed by atoms with van der Waals surface area (Å²) in [5, 5.41) is 9.06. The number of Topliss-reactive ketones (excluding diaryl/α,β-unsaturated/α-hetero) is 1. The Bertz CT molecular complexity index is 730. The van der Waals surface area contributed by atoms with Gasteiger partial charge in [0.15, 0.2) is 5.78 Å². The van der Waals surface area contributed by atoms with Crippen molar-refractivity contribution in [3.05, 3.63) is 48.6 Å². The number of rotatable bonds is 3. The highest BCUT2D eigenvalue weighted by Crippen LogP contribution is 2.51. The molecule has 0 radical (unpaired) electrons. The molecule has 3 fully saturated rings. The number of hydrogen-bond donors (Lipinski definition) is 1. The maximum Gasteiger partial charge on any atom is 0.336 e. The highest BCUT2D eigenvalue weighted by atomic mass is 16.6. The summed E-state index contributed by atoms with van der Waals surface area (Å²) in [5.74, 6) is -2.53. The van der Waals surface area contributed by atoms with Gasteiger partial charge in [0.1, 0.15) is 12.2 Å². The Hall–Kier alpha value is -2.47. The van der Waals surface area contributed by atoms with Gasteiger partial charge >= 0.3 is 11.9 Å². The molecule has 132 valence electrons. The summed E-state index contributed by atoms with van der Waals surface area (Å²) in [6.07, 6.45) is -0.841. The molecule has 0 bridgehead atoms. The largest absolute Gasteiger partial charge is 0.458 e. The molecule has 0 aromatic heterocycles. The van der Waals surface area contributed by atoms with Gasteiger partial charge in [-0.15, -0.1) is 0 Å². The van der Waals surface area contributed by atoms with Gasteiger partial charge < -0.3 is 14.6 Å². The fourth-order valence-electron chi connectivity index (χ4n) is 3.99. The van der Waals surface area contributed by atoms with E-state index in [0.29, 0.717) is 5.57 Å². The van der Waals surface area contributed by atoms with E-state index in [1.165, 1.54) is 0 Å². The smallest absolute Gasteiger partial charge is 0.336 e. The van der Waals surface area contributed by atoms with Gasteiger partial charge in [0.2, 0.25) is 0 Å². The number of aliphatic hydroxyl groups excluding tert-OH is 1. The van der Waals surface area contributed by atoms with Crippen LogP contribution in [-0.4, -0.2) is 41.6 Å². The molecule has 3 aliphatic rings. The van der Waals surface area contributed by atoms with E-state index in [9.17, 15) is 14.4 Å². The Labute approximate surface area is 145 Å². The van der Waals surface area contributed by atoms with Gasteiger partial charge in [0.05, 0.1) is 18.1 Å². The Morgan fingerprint density at radius 3 is 2.48 bits per heavy atom. The van der Waals surface area contributed by atoms with Crippen molar-refractivity contribution < 1.29 is 29.0 Å². The Morgan fingerprint density at radius 1 is 1.16 bits per heavy atom. The van der Waals surface area contributed by atoms with Crippen LogP contribution in [0.3, 0.4) is 0 Å². The first kappa shape index (κ1) is 17.4. The second-order valence-electron chi connectivity index (χ2n) is 6.77. The van der Waals surface area contributed by atoms with Gasteiger partial charge in [-0.2, -0.15) is 0 Å². The molecular formula is C19H20O6. The van der Waals surface area contributed by atoms with Gasteiger partial charge in [0.25, 0.3) is 0 Å². The zero-order valence-corrected chi connectivity index (χ0v) is 13.8. The molecule has 3 rings (SSSR count). The monoisotopic (exact) mass is 344 g/mol. The van der Waals surface area contributed by atoms with Crippen LogP contribution in [0.2, 0.25) is 0 Å². The molecule has 1 saturated heterocycles. The standard InChI is InChI=1S/C19H20O6/c1-8-5-14(24-18(22)9(2)7-20)16-11(4)19(23)25-17(16)15-10(3)13(21)6-12(8)15/h12,14-17,20H,1-7H2. The summed E-state index contributed by atoms with van der Waals surface area (Å²) >= 11 is 0. The van der Waals surface area contributed by atoms with Crippen LogP contribution < -0.4 is 0 Å². The van der Waals surface area contributed by atoms with E-state index >= 15 is 0 Å². The van der Waals surface area contributed by atoms with Crippen LogP contribution in [0.1, 0.15) is 12.8 Å². The molecular weight excluding hydrogens is 324 g/mol. The molecule has 2 saturated carbocycles. The van der Waals surface area contributed by atoms with Crippen molar-refractivity contribution in [3.63, 3.8) is 0 Å². The molecule has 6 heteroatoms. The fourth-order valence-corrected chi connectivity index (χ4v) is 3.99. The third-order valence-electron chi connectivity index (χ3n) is 5.34. The van der Waals surface area contributed by atoms with Gasteiger partial charge in [0, 0.05) is 24.3 Å². The summed E-state index contributed by atoms with van der Waals surface area (Å²) < 4.78 is 11.0. The Morgan fingerprint density at radius 2 is 1.84 bits per heavy atom. The van der Waals surface area contributed by atoms with Crippen LogP contribution in [0.15, 0.2) is 48.6 Å². The summed E-state index contributed by atoms with van der Waals surface area (Å²) in [5.41, 5.74) is 1.29. The van der Waals surface area contributed by atoms with Crippen LogP contribution in [0.5, 0.6) is 0 Å². The third kappa shape index (κ3) is 2.66. The second-order valence-corrected chi connectivity index (χ2v) is 6.77. The number of ketones is 1. The fraction of sp³-hybridized carbons (Fsp3) is 0.421.